The van der Waals surface area contributed by atoms with Crippen LogP contribution >= 0.6 is 0 Å². The highest BCUT2D eigenvalue weighted by molar-refractivity contribution is 5.42. The molecule has 0 aliphatic rings. The maximum absolute atomic E-state index is 9.61. The fourth-order valence-electron chi connectivity index (χ4n) is 2.25. The van der Waals surface area contributed by atoms with Gasteiger partial charge in [0.2, 0.25) is 0 Å². The molecule has 4 nitrogen and oxygen atoms in total. The minimum absolute atomic E-state index is 0.00554. The van der Waals surface area contributed by atoms with Gasteiger partial charge >= 0.3 is 0 Å². The minimum Gasteiger partial charge on any atom is -0.508 e. The molecular weight excluding hydrogens is 254 g/mol. The summed E-state index contributed by atoms with van der Waals surface area (Å²) < 4.78 is 0. The van der Waals surface area contributed by atoms with Gasteiger partial charge in [0.05, 0.1) is 0 Å². The zero-order valence-corrected chi connectivity index (χ0v) is 11.5. The van der Waals surface area contributed by atoms with Crippen molar-refractivity contribution >= 4 is 0 Å². The van der Waals surface area contributed by atoms with Crippen molar-refractivity contribution in [2.45, 2.75) is 25.3 Å². The second-order valence-electron chi connectivity index (χ2n) is 5.53. The first-order valence-corrected chi connectivity index (χ1v) is 6.38. The van der Waals surface area contributed by atoms with E-state index in [0.29, 0.717) is 0 Å². The number of nitrogens with two attached hydrogens (primary N) is 1. The molecule has 0 saturated carbocycles. The molecule has 0 aliphatic carbocycles. The van der Waals surface area contributed by atoms with Crippen LogP contribution < -0.4 is 5.73 Å². The van der Waals surface area contributed by atoms with Crippen LogP contribution in [-0.2, 0) is 5.41 Å². The lowest BCUT2D eigenvalue weighted by Crippen LogP contribution is -2.33. The van der Waals surface area contributed by atoms with Crippen LogP contribution in [0.5, 0.6) is 17.2 Å². The molecule has 2 aromatic carbocycles. The fourth-order valence-corrected chi connectivity index (χ4v) is 2.25. The third-order valence-electron chi connectivity index (χ3n) is 3.68. The number of benzene rings is 2. The average molecular weight is 273 g/mol. The van der Waals surface area contributed by atoms with Gasteiger partial charge in [-0.25, -0.2) is 0 Å². The van der Waals surface area contributed by atoms with Crippen LogP contribution in [0.3, 0.4) is 0 Å². The fraction of sp³-hybridized carbons (Fsp3) is 0.250. The predicted molar refractivity (Wildman–Crippen MR) is 77.8 cm³/mol. The summed E-state index contributed by atoms with van der Waals surface area (Å²) in [5.41, 5.74) is 7.43. The number of phenolic OH excluding ortho intramolecular Hbond substituents is 3. The van der Waals surface area contributed by atoms with Crippen molar-refractivity contribution in [2.24, 2.45) is 5.73 Å². The van der Waals surface area contributed by atoms with E-state index >= 15 is 0 Å². The van der Waals surface area contributed by atoms with Crippen LogP contribution in [0.1, 0.15) is 31.0 Å². The van der Waals surface area contributed by atoms with Crippen LogP contribution in [0.25, 0.3) is 0 Å². The van der Waals surface area contributed by atoms with E-state index in [1.165, 1.54) is 6.07 Å². The standard InChI is InChI=1S/C16H19NO3/c1-16(2,11-7-13(19)9-14(20)8-11)15(17)10-3-5-12(18)6-4-10/h3-9,15,18-20H,17H2,1-2H3. The third kappa shape index (κ3) is 2.70. The first-order valence-electron chi connectivity index (χ1n) is 6.38. The van der Waals surface area contributed by atoms with Crippen molar-refractivity contribution in [3.8, 4) is 17.2 Å². The summed E-state index contributed by atoms with van der Waals surface area (Å²) in [7, 11) is 0. The molecule has 0 fully saturated rings. The highest BCUT2D eigenvalue weighted by Crippen LogP contribution is 2.38. The van der Waals surface area contributed by atoms with Gasteiger partial charge < -0.3 is 21.1 Å². The Kier molecular flexibility index (Phi) is 3.59. The predicted octanol–water partition coefficient (Wildman–Crippen LogP) is 2.78. The van der Waals surface area contributed by atoms with Crippen LogP contribution in [0.4, 0.5) is 0 Å². The topological polar surface area (TPSA) is 86.7 Å². The number of aromatic hydroxyl groups is 3. The van der Waals surface area contributed by atoms with Gasteiger partial charge in [0.25, 0.3) is 0 Å². The molecule has 0 aliphatic heterocycles. The lowest BCUT2D eigenvalue weighted by molar-refractivity contribution is 0.406. The maximum Gasteiger partial charge on any atom is 0.119 e. The molecule has 0 radical (unpaired) electrons. The number of phenols is 3. The minimum atomic E-state index is -0.493. The van der Waals surface area contributed by atoms with Gasteiger partial charge in [-0.15, -0.1) is 0 Å². The van der Waals surface area contributed by atoms with Crippen molar-refractivity contribution in [2.75, 3.05) is 0 Å². The van der Waals surface area contributed by atoms with Crippen molar-refractivity contribution in [1.82, 2.24) is 0 Å². The van der Waals surface area contributed by atoms with Crippen LogP contribution in [0, 0.1) is 0 Å². The molecule has 0 bridgehead atoms. The van der Waals surface area contributed by atoms with E-state index in [2.05, 4.69) is 0 Å². The van der Waals surface area contributed by atoms with E-state index in [1.54, 1.807) is 36.4 Å². The molecule has 2 rings (SSSR count). The lowest BCUT2D eigenvalue weighted by Gasteiger charge is -2.32. The van der Waals surface area contributed by atoms with Crippen molar-refractivity contribution < 1.29 is 15.3 Å². The Hall–Kier alpha value is -2.20. The van der Waals surface area contributed by atoms with Gasteiger partial charge in [0, 0.05) is 17.5 Å². The molecule has 4 heteroatoms. The molecule has 0 saturated heterocycles. The molecule has 1 atom stereocenters. The van der Waals surface area contributed by atoms with E-state index in [9.17, 15) is 15.3 Å². The van der Waals surface area contributed by atoms with Gasteiger partial charge in [0.1, 0.15) is 17.2 Å². The Labute approximate surface area is 118 Å². The van der Waals surface area contributed by atoms with E-state index in [0.717, 1.165) is 11.1 Å². The Morgan fingerprint density at radius 3 is 1.85 bits per heavy atom. The van der Waals surface area contributed by atoms with Crippen LogP contribution in [0.2, 0.25) is 0 Å². The smallest absolute Gasteiger partial charge is 0.119 e. The normalized spacial score (nSPS) is 13.2. The lowest BCUT2D eigenvalue weighted by atomic mass is 9.75. The number of hydrogen-bond acceptors (Lipinski definition) is 4. The van der Waals surface area contributed by atoms with Crippen molar-refractivity contribution in [1.29, 1.82) is 0 Å². The molecule has 1 unspecified atom stereocenters. The van der Waals surface area contributed by atoms with Crippen molar-refractivity contribution in [3.63, 3.8) is 0 Å². The summed E-state index contributed by atoms with van der Waals surface area (Å²) in [5.74, 6) is 0.200. The second-order valence-corrected chi connectivity index (χ2v) is 5.53. The van der Waals surface area contributed by atoms with Gasteiger partial charge in [0.15, 0.2) is 0 Å². The quantitative estimate of drug-likeness (QED) is 0.692. The highest BCUT2D eigenvalue weighted by Gasteiger charge is 2.30. The van der Waals surface area contributed by atoms with Crippen molar-refractivity contribution in [3.05, 3.63) is 53.6 Å². The molecule has 0 amide bonds. The summed E-state index contributed by atoms with van der Waals surface area (Å²) in [4.78, 5) is 0. The van der Waals surface area contributed by atoms with Crippen LogP contribution in [-0.4, -0.2) is 15.3 Å². The summed E-state index contributed by atoms with van der Waals surface area (Å²) in [6.45, 7) is 3.89. The Bertz CT molecular complexity index is 585. The molecule has 106 valence electrons. The second kappa shape index (κ2) is 5.06. The Balaban J connectivity index is 2.40. The van der Waals surface area contributed by atoms with E-state index < -0.39 is 5.41 Å². The zero-order chi connectivity index (χ0) is 14.9. The average Bonchev–Trinajstić information content (AvgIpc) is 2.37. The van der Waals surface area contributed by atoms with E-state index in [1.807, 2.05) is 13.8 Å². The molecule has 0 aromatic heterocycles. The third-order valence-corrected chi connectivity index (χ3v) is 3.68. The Morgan fingerprint density at radius 1 is 0.850 bits per heavy atom. The molecular formula is C16H19NO3. The Morgan fingerprint density at radius 2 is 1.35 bits per heavy atom. The first-order chi connectivity index (χ1) is 9.30. The SMILES string of the molecule is CC(C)(c1cc(O)cc(O)c1)C(N)c1ccc(O)cc1. The van der Waals surface area contributed by atoms with Crippen LogP contribution in [0.15, 0.2) is 42.5 Å². The monoisotopic (exact) mass is 273 g/mol. The van der Waals surface area contributed by atoms with E-state index in [-0.39, 0.29) is 23.3 Å². The largest absolute Gasteiger partial charge is 0.508 e. The number of hydrogen-bond donors (Lipinski definition) is 4. The first kappa shape index (κ1) is 14.2. The summed E-state index contributed by atoms with van der Waals surface area (Å²) >= 11 is 0. The molecule has 0 heterocycles. The maximum atomic E-state index is 9.61. The summed E-state index contributed by atoms with van der Waals surface area (Å²) in [6.07, 6.45) is 0. The van der Waals surface area contributed by atoms with Gasteiger partial charge in [-0.2, -0.15) is 0 Å². The van der Waals surface area contributed by atoms with Gasteiger partial charge in [-0.1, -0.05) is 26.0 Å². The summed E-state index contributed by atoms with van der Waals surface area (Å²) in [6, 6.07) is 10.8. The van der Waals surface area contributed by atoms with E-state index in [4.69, 9.17) is 5.73 Å². The highest BCUT2D eigenvalue weighted by atomic mass is 16.3. The summed E-state index contributed by atoms with van der Waals surface area (Å²) in [5, 5.41) is 28.5. The zero-order valence-electron chi connectivity index (χ0n) is 11.5. The number of rotatable bonds is 3. The molecule has 2 aromatic rings. The van der Waals surface area contributed by atoms with Gasteiger partial charge in [-0.3, -0.25) is 0 Å². The van der Waals surface area contributed by atoms with Gasteiger partial charge in [-0.05, 0) is 35.4 Å². The molecule has 0 spiro atoms. The molecule has 5 N–H and O–H groups in total. The molecule has 20 heavy (non-hydrogen) atoms.